The second kappa shape index (κ2) is 8.80. The lowest BCUT2D eigenvalue weighted by Gasteiger charge is -2.50. The predicted molar refractivity (Wildman–Crippen MR) is 127 cm³/mol. The first-order valence-electron chi connectivity index (χ1n) is 11.9. The summed E-state index contributed by atoms with van der Waals surface area (Å²) in [6, 6.07) is 2.22. The van der Waals surface area contributed by atoms with Gasteiger partial charge in [-0.1, -0.05) is 25.8 Å². The van der Waals surface area contributed by atoms with Crippen LogP contribution in [-0.2, 0) is 27.2 Å². The first-order valence-corrected chi connectivity index (χ1v) is 11.9. The molecule has 9 nitrogen and oxygen atoms in total. The summed E-state index contributed by atoms with van der Waals surface area (Å²) >= 11 is 0. The van der Waals surface area contributed by atoms with E-state index in [1.165, 1.54) is 11.0 Å². The van der Waals surface area contributed by atoms with Crippen molar-refractivity contribution in [2.45, 2.75) is 57.1 Å². The van der Waals surface area contributed by atoms with E-state index in [4.69, 9.17) is 5.73 Å². The molecule has 0 bridgehead atoms. The number of benzene rings is 1. The second-order valence-electron chi connectivity index (χ2n) is 10.0. The summed E-state index contributed by atoms with van der Waals surface area (Å²) < 4.78 is 0. The number of aliphatic hydroxyl groups is 3. The van der Waals surface area contributed by atoms with Crippen LogP contribution >= 0.6 is 0 Å². The van der Waals surface area contributed by atoms with Crippen molar-refractivity contribution >= 4 is 23.2 Å². The number of primary amides is 1. The van der Waals surface area contributed by atoms with E-state index in [-0.39, 0.29) is 23.3 Å². The van der Waals surface area contributed by atoms with Crippen molar-refractivity contribution in [3.05, 3.63) is 45.7 Å². The number of aliphatic hydroxyl groups excluding tert-OH is 2. The summed E-state index contributed by atoms with van der Waals surface area (Å²) in [4.78, 5) is 40.4. The van der Waals surface area contributed by atoms with Gasteiger partial charge in [-0.15, -0.1) is 0 Å². The molecule has 0 heterocycles. The van der Waals surface area contributed by atoms with E-state index in [1.807, 2.05) is 6.07 Å². The number of nitrogens with zero attached hydrogens (tertiary/aromatic N) is 1. The van der Waals surface area contributed by atoms with Crippen LogP contribution in [-0.4, -0.2) is 68.5 Å². The van der Waals surface area contributed by atoms with Crippen LogP contribution < -0.4 is 5.73 Å². The Hall–Kier alpha value is -3.17. The molecule has 1 aromatic carbocycles. The highest BCUT2D eigenvalue weighted by Gasteiger charge is 2.64. The predicted octanol–water partition coefficient (Wildman–Crippen LogP) is 1.70. The number of hydrogen-bond donors (Lipinski definition) is 5. The molecule has 9 heteroatoms. The summed E-state index contributed by atoms with van der Waals surface area (Å²) in [5.41, 5.74) is 3.64. The van der Waals surface area contributed by atoms with Crippen LogP contribution in [0.4, 0.5) is 0 Å². The first-order chi connectivity index (χ1) is 16.5. The van der Waals surface area contributed by atoms with Gasteiger partial charge in [-0.25, -0.2) is 0 Å². The van der Waals surface area contributed by atoms with Crippen molar-refractivity contribution in [2.75, 3.05) is 14.1 Å². The van der Waals surface area contributed by atoms with Gasteiger partial charge < -0.3 is 26.2 Å². The molecule has 0 saturated heterocycles. The Kier molecular flexibility index (Phi) is 6.27. The molecule has 1 saturated carbocycles. The SMILES string of the molecule is CCCCCc1ccc(O)c2c1CC1CC3C(N(C)C)C(=O)C(C(N)=O)=C(O)C3(O)C(=O)C1=C2O. The molecule has 1 fully saturated rings. The number of amides is 1. The Labute approximate surface area is 203 Å². The molecule has 1 aromatic rings. The number of Topliss-reactive ketones (excluding diaryl/α,β-unsaturated/α-hetero) is 2. The third kappa shape index (κ3) is 3.56. The van der Waals surface area contributed by atoms with E-state index in [1.54, 1.807) is 14.1 Å². The summed E-state index contributed by atoms with van der Waals surface area (Å²) in [6.07, 6.45) is 4.16. The van der Waals surface area contributed by atoms with E-state index in [9.17, 15) is 34.8 Å². The van der Waals surface area contributed by atoms with E-state index in [2.05, 4.69) is 6.92 Å². The Balaban J connectivity index is 1.91. The van der Waals surface area contributed by atoms with E-state index in [0.29, 0.717) is 6.42 Å². The monoisotopic (exact) mass is 484 g/mol. The van der Waals surface area contributed by atoms with Crippen LogP contribution in [0.1, 0.15) is 49.3 Å². The molecule has 4 unspecified atom stereocenters. The number of nitrogens with two attached hydrogens (primary N) is 1. The fraction of sp³-hybridized carbons (Fsp3) is 0.500. The average molecular weight is 485 g/mol. The van der Waals surface area contributed by atoms with Gasteiger partial charge >= 0.3 is 0 Å². The molecular formula is C26H32N2O7. The molecule has 0 spiro atoms. The minimum Gasteiger partial charge on any atom is -0.508 e. The van der Waals surface area contributed by atoms with Crippen molar-refractivity contribution in [3.8, 4) is 5.75 Å². The zero-order valence-corrected chi connectivity index (χ0v) is 20.2. The second-order valence-corrected chi connectivity index (χ2v) is 10.0. The largest absolute Gasteiger partial charge is 0.508 e. The van der Waals surface area contributed by atoms with E-state index in [0.717, 1.165) is 36.8 Å². The van der Waals surface area contributed by atoms with Crippen molar-refractivity contribution < 1.29 is 34.8 Å². The number of carbonyl (C=O) groups is 3. The number of unbranched alkanes of at least 4 members (excludes halogenated alkanes) is 2. The Bertz CT molecular complexity index is 1180. The quantitative estimate of drug-likeness (QED) is 0.301. The van der Waals surface area contributed by atoms with Crippen molar-refractivity contribution in [2.24, 2.45) is 17.6 Å². The number of hydrogen-bond acceptors (Lipinski definition) is 8. The number of ketones is 2. The first kappa shape index (κ1) is 24.9. The maximum absolute atomic E-state index is 13.8. The topological polar surface area (TPSA) is 161 Å². The van der Waals surface area contributed by atoms with Gasteiger partial charge in [-0.3, -0.25) is 19.3 Å². The number of phenolic OH excluding ortho intramolecular Hbond substituents is 1. The minimum absolute atomic E-state index is 0.0931. The lowest BCUT2D eigenvalue weighted by atomic mass is 9.57. The number of likely N-dealkylation sites (N-methyl/N-ethyl adjacent to an activating group) is 1. The summed E-state index contributed by atoms with van der Waals surface area (Å²) in [5, 5.41) is 44.2. The van der Waals surface area contributed by atoms with Gasteiger partial charge in [-0.05, 0) is 62.9 Å². The van der Waals surface area contributed by atoms with Gasteiger partial charge in [0.15, 0.2) is 11.4 Å². The molecule has 4 atom stereocenters. The third-order valence-electron chi connectivity index (χ3n) is 7.75. The molecule has 0 aliphatic heterocycles. The van der Waals surface area contributed by atoms with Crippen molar-refractivity contribution in [1.82, 2.24) is 4.90 Å². The Morgan fingerprint density at radius 1 is 1.17 bits per heavy atom. The number of fused-ring (bicyclic) bond motifs is 3. The molecule has 4 rings (SSSR count). The normalized spacial score (nSPS) is 28.2. The van der Waals surface area contributed by atoms with Crippen molar-refractivity contribution in [3.63, 3.8) is 0 Å². The summed E-state index contributed by atoms with van der Waals surface area (Å²) in [6.45, 7) is 2.10. The number of aryl methyl sites for hydroxylation is 1. The molecule has 0 radical (unpaired) electrons. The number of carbonyl (C=O) groups excluding carboxylic acids is 3. The highest BCUT2D eigenvalue weighted by molar-refractivity contribution is 6.24. The maximum Gasteiger partial charge on any atom is 0.255 e. The fourth-order valence-corrected chi connectivity index (χ4v) is 6.11. The number of rotatable bonds is 6. The molecule has 3 aliphatic rings. The molecular weight excluding hydrogens is 452 g/mol. The van der Waals surface area contributed by atoms with Crippen LogP contribution in [0.25, 0.3) is 5.76 Å². The Morgan fingerprint density at radius 2 is 1.86 bits per heavy atom. The van der Waals surface area contributed by atoms with Gasteiger partial charge in [0, 0.05) is 11.5 Å². The van der Waals surface area contributed by atoms with Gasteiger partial charge in [0.05, 0.1) is 11.6 Å². The molecule has 188 valence electrons. The van der Waals surface area contributed by atoms with Crippen LogP contribution in [0.2, 0.25) is 0 Å². The van der Waals surface area contributed by atoms with Crippen molar-refractivity contribution in [1.29, 1.82) is 0 Å². The zero-order chi connectivity index (χ0) is 25.8. The van der Waals surface area contributed by atoms with Crippen LogP contribution in [0.15, 0.2) is 29.0 Å². The highest BCUT2D eigenvalue weighted by Crippen LogP contribution is 2.53. The smallest absolute Gasteiger partial charge is 0.255 e. The minimum atomic E-state index is -2.61. The maximum atomic E-state index is 13.8. The summed E-state index contributed by atoms with van der Waals surface area (Å²) in [5.74, 6) is -6.33. The van der Waals surface area contributed by atoms with Gasteiger partial charge in [0.1, 0.15) is 22.8 Å². The highest BCUT2D eigenvalue weighted by atomic mass is 16.3. The lowest BCUT2D eigenvalue weighted by Crippen LogP contribution is -2.65. The lowest BCUT2D eigenvalue weighted by molar-refractivity contribution is -0.153. The van der Waals surface area contributed by atoms with E-state index < -0.39 is 58.0 Å². The van der Waals surface area contributed by atoms with Gasteiger partial charge in [0.25, 0.3) is 5.91 Å². The third-order valence-corrected chi connectivity index (χ3v) is 7.75. The molecule has 3 aliphatic carbocycles. The standard InChI is InChI=1S/C26H32N2O7/c1-4-5-6-7-12-8-9-16(29)18-14(12)10-13-11-15-20(28(2)3)22(31)19(25(27)34)24(33)26(15,35)23(32)17(13)21(18)30/h8-9,13,15,20,29-30,33,35H,4-7,10-11H2,1-3H3,(H2,27,34). The summed E-state index contributed by atoms with van der Waals surface area (Å²) in [7, 11) is 3.16. The van der Waals surface area contributed by atoms with Gasteiger partial charge in [-0.2, -0.15) is 0 Å². The Morgan fingerprint density at radius 3 is 2.46 bits per heavy atom. The van der Waals surface area contributed by atoms with Gasteiger partial charge in [0.2, 0.25) is 5.78 Å². The average Bonchev–Trinajstić information content (AvgIpc) is 2.77. The van der Waals surface area contributed by atoms with Crippen LogP contribution in [0, 0.1) is 11.8 Å². The van der Waals surface area contributed by atoms with Crippen LogP contribution in [0.3, 0.4) is 0 Å². The molecule has 1 amide bonds. The molecule has 0 aromatic heterocycles. The van der Waals surface area contributed by atoms with Crippen LogP contribution in [0.5, 0.6) is 5.75 Å². The molecule has 6 N–H and O–H groups in total. The fourth-order valence-electron chi connectivity index (χ4n) is 6.11. The zero-order valence-electron chi connectivity index (χ0n) is 20.2. The molecule has 35 heavy (non-hydrogen) atoms. The number of phenols is 1. The van der Waals surface area contributed by atoms with E-state index >= 15 is 0 Å². The number of aromatic hydroxyl groups is 1.